The van der Waals surface area contributed by atoms with Crippen molar-refractivity contribution in [3.8, 4) is 0 Å². The minimum atomic E-state index is -4.59. The first-order chi connectivity index (χ1) is 18.8. The average molecular weight is 541 g/mol. The van der Waals surface area contributed by atoms with E-state index in [4.69, 9.17) is 4.74 Å². The van der Waals surface area contributed by atoms with Crippen molar-refractivity contribution < 1.29 is 22.7 Å². The van der Waals surface area contributed by atoms with E-state index in [9.17, 15) is 18.0 Å². The van der Waals surface area contributed by atoms with E-state index in [-0.39, 0.29) is 23.6 Å². The first-order valence-electron chi connectivity index (χ1n) is 14.0. The summed E-state index contributed by atoms with van der Waals surface area (Å²) in [5, 5.41) is 7.58. The maximum atomic E-state index is 13.7. The Morgan fingerprint density at radius 3 is 2.59 bits per heavy atom. The van der Waals surface area contributed by atoms with Gasteiger partial charge >= 0.3 is 6.18 Å². The van der Waals surface area contributed by atoms with Crippen molar-refractivity contribution in [3.63, 3.8) is 0 Å². The Bertz CT molecular complexity index is 1280. The van der Waals surface area contributed by atoms with Crippen LogP contribution in [0.4, 0.5) is 18.9 Å². The molecule has 6 nitrogen and oxygen atoms in total. The molecule has 2 aliphatic heterocycles. The van der Waals surface area contributed by atoms with E-state index in [0.29, 0.717) is 41.2 Å². The summed E-state index contributed by atoms with van der Waals surface area (Å²) in [4.78, 5) is 18.9. The Balaban J connectivity index is 1.20. The van der Waals surface area contributed by atoms with Gasteiger partial charge in [-0.2, -0.15) is 13.2 Å². The normalized spacial score (nSPS) is 27.4. The number of aromatic nitrogens is 1. The average Bonchev–Trinajstić information content (AvgIpc) is 3.57. The lowest BCUT2D eigenvalue weighted by molar-refractivity contribution is -0.122. The molecule has 3 heterocycles. The number of alkyl halides is 3. The van der Waals surface area contributed by atoms with Gasteiger partial charge in [0.15, 0.2) is 0 Å². The molecule has 4 aliphatic rings. The maximum absolute atomic E-state index is 13.7. The third kappa shape index (κ3) is 5.70. The number of fused-ring (bicyclic) bond motifs is 3. The molecule has 2 saturated heterocycles. The Hall–Kier alpha value is -2.91. The van der Waals surface area contributed by atoms with E-state index < -0.39 is 11.7 Å². The number of hydrogen-bond donors (Lipinski definition) is 2. The number of rotatable bonds is 8. The second-order valence-electron chi connectivity index (χ2n) is 11.4. The van der Waals surface area contributed by atoms with Gasteiger partial charge in [0, 0.05) is 53.6 Å². The first kappa shape index (κ1) is 26.3. The monoisotopic (exact) mass is 540 g/mol. The second-order valence-corrected chi connectivity index (χ2v) is 11.4. The van der Waals surface area contributed by atoms with Crippen molar-refractivity contribution in [2.45, 2.75) is 75.4 Å². The lowest BCUT2D eigenvalue weighted by Gasteiger charge is -2.39. The fourth-order valence-electron chi connectivity index (χ4n) is 6.35. The highest BCUT2D eigenvalue weighted by Gasteiger charge is 2.43. The van der Waals surface area contributed by atoms with Gasteiger partial charge in [0.2, 0.25) is 5.91 Å². The predicted octanol–water partition coefficient (Wildman–Crippen LogP) is 5.55. The summed E-state index contributed by atoms with van der Waals surface area (Å²) in [6.45, 7) is 5.53. The Morgan fingerprint density at radius 2 is 1.92 bits per heavy atom. The standard InChI is InChI=1S/C30H35F3N4O2/c1-18(30(31,32)33)28-25-5-2-6-27(26(25)14-21(36-28)4-3-13-34-29(38)19-7-8-19)35-20-9-11-22(12-10-20)37-16-24-15-23(37)17-39-24/h2-6,14,19-20,22-24,35H,1,7-13,15-17H2,(H,34,38)/b4-3+. The zero-order valence-corrected chi connectivity index (χ0v) is 22.0. The molecule has 208 valence electrons. The molecule has 0 radical (unpaired) electrons. The maximum Gasteiger partial charge on any atom is 0.417 e. The van der Waals surface area contributed by atoms with Crippen molar-refractivity contribution in [2.24, 2.45) is 5.92 Å². The highest BCUT2D eigenvalue weighted by Crippen LogP contribution is 2.39. The number of pyridine rings is 1. The summed E-state index contributed by atoms with van der Waals surface area (Å²) in [6, 6.07) is 8.58. The number of allylic oxidation sites excluding steroid dienone is 1. The van der Waals surface area contributed by atoms with Crippen molar-refractivity contribution in [1.29, 1.82) is 0 Å². The number of carbonyl (C=O) groups is 1. The van der Waals surface area contributed by atoms with E-state index in [1.165, 1.54) is 0 Å². The van der Waals surface area contributed by atoms with Crippen LogP contribution in [-0.2, 0) is 9.53 Å². The molecule has 39 heavy (non-hydrogen) atoms. The van der Waals surface area contributed by atoms with Crippen LogP contribution in [0.25, 0.3) is 22.4 Å². The second kappa shape index (κ2) is 10.6. The van der Waals surface area contributed by atoms with Crippen molar-refractivity contribution >= 4 is 34.0 Å². The third-order valence-electron chi connectivity index (χ3n) is 8.62. The number of anilines is 1. The number of amides is 1. The van der Waals surface area contributed by atoms with E-state index in [0.717, 1.165) is 63.8 Å². The molecule has 6 rings (SSSR count). The Morgan fingerprint density at radius 1 is 1.13 bits per heavy atom. The minimum absolute atomic E-state index is 0.0176. The number of hydrogen-bond acceptors (Lipinski definition) is 5. The number of likely N-dealkylation sites (tertiary alicyclic amines) is 1. The largest absolute Gasteiger partial charge is 0.417 e. The van der Waals surface area contributed by atoms with Gasteiger partial charge in [-0.25, -0.2) is 4.98 Å². The molecule has 2 aliphatic carbocycles. The fraction of sp³-hybridized carbons (Fsp3) is 0.533. The van der Waals surface area contributed by atoms with Crippen molar-refractivity contribution in [3.05, 3.63) is 48.3 Å². The van der Waals surface area contributed by atoms with Crippen LogP contribution in [0.3, 0.4) is 0 Å². The van der Waals surface area contributed by atoms with Gasteiger partial charge in [-0.05, 0) is 63.2 Å². The van der Waals surface area contributed by atoms with E-state index in [1.807, 2.05) is 12.1 Å². The molecule has 2 N–H and O–H groups in total. The zero-order chi connectivity index (χ0) is 27.1. The van der Waals surface area contributed by atoms with Gasteiger partial charge in [0.1, 0.15) is 0 Å². The van der Waals surface area contributed by atoms with Crippen LogP contribution in [0, 0.1) is 5.92 Å². The number of halogens is 3. The van der Waals surface area contributed by atoms with Crippen molar-refractivity contribution in [2.75, 3.05) is 25.0 Å². The van der Waals surface area contributed by atoms with Crippen LogP contribution < -0.4 is 10.6 Å². The smallest absolute Gasteiger partial charge is 0.382 e. The van der Waals surface area contributed by atoms with Gasteiger partial charge in [-0.15, -0.1) is 0 Å². The molecule has 2 unspecified atom stereocenters. The highest BCUT2D eigenvalue weighted by atomic mass is 19.4. The summed E-state index contributed by atoms with van der Waals surface area (Å²) in [5.41, 5.74) is 0.0689. The third-order valence-corrected chi connectivity index (χ3v) is 8.62. The number of nitrogens with one attached hydrogen (secondary N) is 2. The van der Waals surface area contributed by atoms with Crippen LogP contribution in [0.2, 0.25) is 0 Å². The highest BCUT2D eigenvalue weighted by molar-refractivity contribution is 6.00. The molecule has 2 bridgehead atoms. The molecular formula is C30H35F3N4O2. The molecule has 2 saturated carbocycles. The molecule has 2 aromatic rings. The summed E-state index contributed by atoms with van der Waals surface area (Å²) < 4.78 is 47.0. The number of carbonyl (C=O) groups excluding carboxylic acids is 1. The number of benzene rings is 1. The molecule has 1 aromatic carbocycles. The van der Waals surface area contributed by atoms with E-state index in [1.54, 1.807) is 24.3 Å². The molecule has 4 fully saturated rings. The lowest BCUT2D eigenvalue weighted by atomic mass is 9.89. The molecule has 9 heteroatoms. The number of nitrogens with zero attached hydrogens (tertiary/aromatic N) is 2. The summed E-state index contributed by atoms with van der Waals surface area (Å²) in [6.07, 6.45) is 6.39. The Labute approximate surface area is 226 Å². The predicted molar refractivity (Wildman–Crippen MR) is 146 cm³/mol. The topological polar surface area (TPSA) is 66.5 Å². The zero-order valence-electron chi connectivity index (χ0n) is 22.0. The molecule has 1 aromatic heterocycles. The minimum Gasteiger partial charge on any atom is -0.382 e. The van der Waals surface area contributed by atoms with Crippen LogP contribution >= 0.6 is 0 Å². The quantitative estimate of drug-likeness (QED) is 0.460. The lowest BCUT2D eigenvalue weighted by Crippen LogP contribution is -2.46. The van der Waals surface area contributed by atoms with Crippen molar-refractivity contribution in [1.82, 2.24) is 15.2 Å². The fourth-order valence-corrected chi connectivity index (χ4v) is 6.35. The molecular weight excluding hydrogens is 505 g/mol. The Kier molecular flexibility index (Phi) is 7.14. The van der Waals surface area contributed by atoms with Gasteiger partial charge in [0.25, 0.3) is 0 Å². The SMILES string of the molecule is C=C(c1nc(/C=C/CNC(=O)C2CC2)cc2c(NC3CCC(N4CC5CC4CO5)CC3)cccc12)C(F)(F)F. The number of morpholine rings is 1. The first-order valence-corrected chi connectivity index (χ1v) is 14.0. The summed E-state index contributed by atoms with van der Waals surface area (Å²) in [5.74, 6) is 0.117. The van der Waals surface area contributed by atoms with E-state index >= 15 is 0 Å². The van der Waals surface area contributed by atoms with Crippen LogP contribution in [0.1, 0.15) is 56.3 Å². The summed E-state index contributed by atoms with van der Waals surface area (Å²) >= 11 is 0. The summed E-state index contributed by atoms with van der Waals surface area (Å²) in [7, 11) is 0. The van der Waals surface area contributed by atoms with Crippen LogP contribution in [0.15, 0.2) is 36.9 Å². The molecule has 1 amide bonds. The number of ether oxygens (including phenoxy) is 1. The van der Waals surface area contributed by atoms with Crippen LogP contribution in [0.5, 0.6) is 0 Å². The van der Waals surface area contributed by atoms with Gasteiger partial charge in [-0.1, -0.05) is 24.8 Å². The van der Waals surface area contributed by atoms with Crippen LogP contribution in [-0.4, -0.2) is 65.9 Å². The molecule has 2 atom stereocenters. The van der Waals surface area contributed by atoms with Gasteiger partial charge in [0.05, 0.1) is 29.7 Å². The molecule has 0 spiro atoms. The van der Waals surface area contributed by atoms with Gasteiger partial charge < -0.3 is 15.4 Å². The van der Waals surface area contributed by atoms with E-state index in [2.05, 4.69) is 27.1 Å². The van der Waals surface area contributed by atoms with Gasteiger partial charge in [-0.3, -0.25) is 9.69 Å².